The number of carbonyl (C=O) groups is 2. The molecule has 0 saturated carbocycles. The average Bonchev–Trinajstić information content (AvgIpc) is 2.58. The summed E-state index contributed by atoms with van der Waals surface area (Å²) in [7, 11) is 0. The van der Waals surface area contributed by atoms with Crippen molar-refractivity contribution in [2.24, 2.45) is 0 Å². The molecule has 1 atom stereocenters. The number of non-ortho nitro benzene ring substituents is 1. The number of benzene rings is 2. The highest BCUT2D eigenvalue weighted by molar-refractivity contribution is 6.34. The van der Waals surface area contributed by atoms with Crippen LogP contribution in [-0.2, 0) is 9.53 Å². The Kier molecular flexibility index (Phi) is 6.01. The van der Waals surface area contributed by atoms with E-state index in [1.165, 1.54) is 37.3 Å². The molecule has 0 heterocycles. The van der Waals surface area contributed by atoms with E-state index >= 15 is 0 Å². The molecule has 0 fully saturated rings. The highest BCUT2D eigenvalue weighted by Gasteiger charge is 2.21. The maximum atomic E-state index is 12.1. The summed E-state index contributed by atoms with van der Waals surface area (Å²) in [4.78, 5) is 34.3. The van der Waals surface area contributed by atoms with Crippen molar-refractivity contribution in [3.63, 3.8) is 0 Å². The fourth-order valence-electron chi connectivity index (χ4n) is 1.91. The first kappa shape index (κ1) is 19.5. The third-order valence-corrected chi connectivity index (χ3v) is 3.96. The topological polar surface area (TPSA) is 125 Å². The minimum absolute atomic E-state index is 0.0171. The smallest absolute Gasteiger partial charge is 0.338 e. The molecule has 0 aliphatic heterocycles. The quantitative estimate of drug-likeness (QED) is 0.343. The molecule has 0 aliphatic rings. The summed E-state index contributed by atoms with van der Waals surface area (Å²) in [5.74, 6) is -1.41. The number of nitrogen functional groups attached to an aromatic ring is 1. The summed E-state index contributed by atoms with van der Waals surface area (Å²) >= 11 is 11.7. The standard InChI is InChI=1S/C16H13Cl2N3O5/c1-8(26-16(23)9-2-4-11(17)13(19)6-9)15(22)20-14-5-3-10(21(24)25)7-12(14)18/h2-8H,19H2,1H3,(H,20,22). The van der Waals surface area contributed by atoms with Gasteiger partial charge in [0.05, 0.1) is 31.9 Å². The van der Waals surface area contributed by atoms with Gasteiger partial charge in [0.15, 0.2) is 6.10 Å². The third kappa shape index (κ3) is 4.62. The van der Waals surface area contributed by atoms with E-state index in [1.807, 2.05) is 0 Å². The van der Waals surface area contributed by atoms with Crippen LogP contribution in [0, 0.1) is 10.1 Å². The first-order chi connectivity index (χ1) is 12.2. The second-order valence-corrected chi connectivity index (χ2v) is 6.01. The number of nitrogens with two attached hydrogens (primary N) is 1. The predicted octanol–water partition coefficient (Wildman–Crippen LogP) is 3.67. The number of anilines is 2. The van der Waals surface area contributed by atoms with Crippen LogP contribution in [0.4, 0.5) is 17.1 Å². The van der Waals surface area contributed by atoms with Gasteiger partial charge < -0.3 is 15.8 Å². The van der Waals surface area contributed by atoms with Crippen LogP contribution < -0.4 is 11.1 Å². The van der Waals surface area contributed by atoms with Crippen LogP contribution in [0.1, 0.15) is 17.3 Å². The monoisotopic (exact) mass is 397 g/mol. The molecule has 2 rings (SSSR count). The Morgan fingerprint density at radius 1 is 1.19 bits per heavy atom. The van der Waals surface area contributed by atoms with Crippen molar-refractivity contribution in [1.29, 1.82) is 0 Å². The van der Waals surface area contributed by atoms with Gasteiger partial charge in [-0.2, -0.15) is 0 Å². The number of hydrogen-bond acceptors (Lipinski definition) is 6. The van der Waals surface area contributed by atoms with E-state index in [0.717, 1.165) is 6.07 Å². The SMILES string of the molecule is CC(OC(=O)c1ccc(Cl)c(N)c1)C(=O)Nc1ccc([N+](=O)[O-])cc1Cl. The zero-order valence-corrected chi connectivity index (χ0v) is 14.9. The van der Waals surface area contributed by atoms with E-state index in [2.05, 4.69) is 5.32 Å². The van der Waals surface area contributed by atoms with Crippen LogP contribution in [-0.4, -0.2) is 22.9 Å². The summed E-state index contributed by atoms with van der Waals surface area (Å²) in [5, 5.41) is 13.4. The van der Waals surface area contributed by atoms with Crippen LogP contribution >= 0.6 is 23.2 Å². The van der Waals surface area contributed by atoms with Gasteiger partial charge in [-0.1, -0.05) is 23.2 Å². The number of ether oxygens (including phenoxy) is 1. The minimum Gasteiger partial charge on any atom is -0.449 e. The van der Waals surface area contributed by atoms with E-state index < -0.39 is 22.9 Å². The molecule has 8 nitrogen and oxygen atoms in total. The molecule has 0 saturated heterocycles. The van der Waals surface area contributed by atoms with Crippen molar-refractivity contribution in [3.8, 4) is 0 Å². The second-order valence-electron chi connectivity index (χ2n) is 5.19. The maximum Gasteiger partial charge on any atom is 0.338 e. The summed E-state index contributed by atoms with van der Waals surface area (Å²) in [6.45, 7) is 1.37. The van der Waals surface area contributed by atoms with Crippen molar-refractivity contribution in [3.05, 3.63) is 62.1 Å². The summed E-state index contributed by atoms with van der Waals surface area (Å²) in [6.07, 6.45) is -1.15. The van der Waals surface area contributed by atoms with Crippen molar-refractivity contribution >= 4 is 52.1 Å². The summed E-state index contributed by atoms with van der Waals surface area (Å²) in [5.41, 5.74) is 5.90. The Balaban J connectivity index is 2.04. The van der Waals surface area contributed by atoms with Gasteiger partial charge >= 0.3 is 5.97 Å². The molecule has 1 amide bonds. The molecule has 26 heavy (non-hydrogen) atoms. The van der Waals surface area contributed by atoms with Gasteiger partial charge in [0.2, 0.25) is 0 Å². The second kappa shape index (κ2) is 8.03. The molecule has 0 bridgehead atoms. The van der Waals surface area contributed by atoms with Gasteiger partial charge in [-0.15, -0.1) is 0 Å². The van der Waals surface area contributed by atoms with Crippen molar-refractivity contribution in [2.75, 3.05) is 11.1 Å². The normalized spacial score (nSPS) is 11.5. The molecule has 1 unspecified atom stereocenters. The highest BCUT2D eigenvalue weighted by Crippen LogP contribution is 2.27. The largest absolute Gasteiger partial charge is 0.449 e. The molecule has 3 N–H and O–H groups in total. The van der Waals surface area contributed by atoms with Crippen molar-refractivity contribution < 1.29 is 19.2 Å². The number of nitro groups is 1. The van der Waals surface area contributed by atoms with Crippen LogP contribution in [0.3, 0.4) is 0 Å². The summed E-state index contributed by atoms with van der Waals surface area (Å²) in [6, 6.07) is 7.77. The molecular weight excluding hydrogens is 385 g/mol. The number of halogens is 2. The third-order valence-electron chi connectivity index (χ3n) is 3.31. The Morgan fingerprint density at radius 3 is 2.46 bits per heavy atom. The first-order valence-electron chi connectivity index (χ1n) is 7.20. The lowest BCUT2D eigenvalue weighted by Crippen LogP contribution is -2.30. The van der Waals surface area contributed by atoms with Gasteiger partial charge in [0, 0.05) is 12.1 Å². The fraction of sp³-hybridized carbons (Fsp3) is 0.125. The van der Waals surface area contributed by atoms with Crippen LogP contribution in [0.25, 0.3) is 0 Å². The average molecular weight is 398 g/mol. The lowest BCUT2D eigenvalue weighted by Gasteiger charge is -2.14. The maximum absolute atomic E-state index is 12.1. The number of esters is 1. The Labute approximate surface area is 158 Å². The van der Waals surface area contributed by atoms with Gasteiger partial charge in [0.1, 0.15) is 0 Å². The number of amides is 1. The summed E-state index contributed by atoms with van der Waals surface area (Å²) < 4.78 is 5.07. The predicted molar refractivity (Wildman–Crippen MR) is 97.5 cm³/mol. The Bertz CT molecular complexity index is 888. The van der Waals surface area contributed by atoms with E-state index in [1.54, 1.807) is 0 Å². The molecule has 136 valence electrons. The number of carbonyl (C=O) groups excluding carboxylic acids is 2. The van der Waals surface area contributed by atoms with E-state index in [9.17, 15) is 19.7 Å². The lowest BCUT2D eigenvalue weighted by atomic mass is 10.2. The molecule has 2 aromatic rings. The molecular formula is C16H13Cl2N3O5. The zero-order valence-electron chi connectivity index (χ0n) is 13.4. The number of nitro benzene ring substituents is 1. The molecule has 0 aliphatic carbocycles. The number of nitrogens with one attached hydrogen (secondary N) is 1. The first-order valence-corrected chi connectivity index (χ1v) is 7.95. The van der Waals surface area contributed by atoms with Gasteiger partial charge in [-0.3, -0.25) is 14.9 Å². The lowest BCUT2D eigenvalue weighted by molar-refractivity contribution is -0.384. The number of nitrogens with zero attached hydrogens (tertiary/aromatic N) is 1. The fourth-order valence-corrected chi connectivity index (χ4v) is 2.25. The van der Waals surface area contributed by atoms with Crippen LogP contribution in [0.15, 0.2) is 36.4 Å². The van der Waals surface area contributed by atoms with E-state index in [-0.39, 0.29) is 27.6 Å². The molecule has 0 spiro atoms. The molecule has 2 aromatic carbocycles. The van der Waals surface area contributed by atoms with Gasteiger partial charge in [0.25, 0.3) is 11.6 Å². The van der Waals surface area contributed by atoms with Crippen LogP contribution in [0.2, 0.25) is 10.0 Å². The van der Waals surface area contributed by atoms with Crippen molar-refractivity contribution in [1.82, 2.24) is 0 Å². The molecule has 10 heteroatoms. The molecule has 0 aromatic heterocycles. The zero-order chi connectivity index (χ0) is 19.4. The van der Waals surface area contributed by atoms with E-state index in [0.29, 0.717) is 5.02 Å². The van der Waals surface area contributed by atoms with Gasteiger partial charge in [-0.05, 0) is 31.2 Å². The Morgan fingerprint density at radius 2 is 1.88 bits per heavy atom. The van der Waals surface area contributed by atoms with Crippen molar-refractivity contribution in [2.45, 2.75) is 13.0 Å². The minimum atomic E-state index is -1.15. The van der Waals surface area contributed by atoms with E-state index in [4.69, 9.17) is 33.7 Å². The number of hydrogen-bond donors (Lipinski definition) is 2. The van der Waals surface area contributed by atoms with Gasteiger partial charge in [-0.25, -0.2) is 4.79 Å². The highest BCUT2D eigenvalue weighted by atomic mass is 35.5. The molecule has 0 radical (unpaired) electrons. The Hall–Kier alpha value is -2.84. The number of rotatable bonds is 5. The van der Waals surface area contributed by atoms with Crippen LogP contribution in [0.5, 0.6) is 0 Å².